The van der Waals surface area contributed by atoms with Crippen LogP contribution in [0.3, 0.4) is 0 Å². The van der Waals surface area contributed by atoms with Crippen LogP contribution in [0.15, 0.2) is 28.7 Å². The molecule has 2 aromatic rings. The molecule has 2 rings (SSSR count). The summed E-state index contributed by atoms with van der Waals surface area (Å²) < 4.78 is 3.25. The molecule has 1 aromatic carbocycles. The fourth-order valence-corrected chi connectivity index (χ4v) is 4.32. The zero-order valence-electron chi connectivity index (χ0n) is 11.3. The molecule has 108 valence electrons. The fourth-order valence-electron chi connectivity index (χ4n) is 2.01. The Bertz CT molecular complexity index is 580. The van der Waals surface area contributed by atoms with Crippen LogP contribution in [0.1, 0.15) is 35.4 Å². The zero-order chi connectivity index (χ0) is 14.7. The van der Waals surface area contributed by atoms with Crippen LogP contribution < -0.4 is 5.32 Å². The molecule has 1 heterocycles. The summed E-state index contributed by atoms with van der Waals surface area (Å²) in [4.78, 5) is 1.27. The lowest BCUT2D eigenvalue weighted by molar-refractivity contribution is 0.604. The molecule has 0 saturated heterocycles. The van der Waals surface area contributed by atoms with E-state index in [1.54, 1.807) is 11.3 Å². The highest BCUT2D eigenvalue weighted by atomic mass is 127. The molecule has 1 nitrogen and oxygen atoms in total. The van der Waals surface area contributed by atoms with Gasteiger partial charge in [-0.25, -0.2) is 0 Å². The van der Waals surface area contributed by atoms with Crippen molar-refractivity contribution in [1.82, 2.24) is 5.32 Å². The molecule has 0 radical (unpaired) electrons. The van der Waals surface area contributed by atoms with Crippen molar-refractivity contribution in [2.45, 2.75) is 26.3 Å². The van der Waals surface area contributed by atoms with Crippen LogP contribution in [0.5, 0.6) is 0 Å². The lowest BCUT2D eigenvalue weighted by atomic mass is 10.0. The summed E-state index contributed by atoms with van der Waals surface area (Å²) in [6.07, 6.45) is 1.11. The molecule has 5 heteroatoms. The van der Waals surface area contributed by atoms with Crippen molar-refractivity contribution in [1.29, 1.82) is 0 Å². The van der Waals surface area contributed by atoms with Gasteiger partial charge in [-0.15, -0.1) is 11.3 Å². The minimum atomic E-state index is 0.190. The van der Waals surface area contributed by atoms with E-state index >= 15 is 0 Å². The molecule has 0 spiro atoms. The van der Waals surface area contributed by atoms with Crippen molar-refractivity contribution in [3.05, 3.63) is 52.6 Å². The summed E-state index contributed by atoms with van der Waals surface area (Å²) in [6.45, 7) is 5.22. The van der Waals surface area contributed by atoms with Gasteiger partial charge in [0.15, 0.2) is 0 Å². The van der Waals surface area contributed by atoms with Crippen LogP contribution in [0.4, 0.5) is 0 Å². The highest BCUT2D eigenvalue weighted by molar-refractivity contribution is 14.1. The maximum Gasteiger partial charge on any atom is 0.0961 e. The average molecular weight is 485 g/mol. The van der Waals surface area contributed by atoms with E-state index in [0.717, 1.165) is 27.3 Å². The highest BCUT2D eigenvalue weighted by Crippen LogP contribution is 2.37. The molecular formula is C15H16BrClINS. The number of nitrogens with one attached hydrogen (secondary N) is 1. The second-order valence-electron chi connectivity index (χ2n) is 4.66. The Morgan fingerprint density at radius 1 is 1.40 bits per heavy atom. The fraction of sp³-hybridized carbons (Fsp3) is 0.333. The van der Waals surface area contributed by atoms with E-state index in [1.165, 1.54) is 14.0 Å². The highest BCUT2D eigenvalue weighted by Gasteiger charge is 2.19. The molecule has 20 heavy (non-hydrogen) atoms. The molecule has 1 atom stereocenters. The van der Waals surface area contributed by atoms with Crippen molar-refractivity contribution >= 4 is 61.5 Å². The second-order valence-corrected chi connectivity index (χ2v) is 8.44. The third-order valence-corrected chi connectivity index (χ3v) is 6.04. The Morgan fingerprint density at radius 2 is 2.15 bits per heavy atom. The Morgan fingerprint density at radius 3 is 2.75 bits per heavy atom. The Kier molecular flexibility index (Phi) is 6.35. The van der Waals surface area contributed by atoms with Crippen LogP contribution in [0, 0.1) is 10.5 Å². The van der Waals surface area contributed by atoms with E-state index in [4.69, 9.17) is 11.6 Å². The van der Waals surface area contributed by atoms with E-state index in [1.807, 2.05) is 0 Å². The molecule has 0 saturated carbocycles. The van der Waals surface area contributed by atoms with E-state index in [-0.39, 0.29) is 6.04 Å². The number of hydrogen-bond donors (Lipinski definition) is 1. The van der Waals surface area contributed by atoms with E-state index < -0.39 is 0 Å². The third-order valence-electron chi connectivity index (χ3n) is 3.03. The molecule has 0 aliphatic heterocycles. The number of rotatable bonds is 5. The molecule has 0 aliphatic carbocycles. The minimum absolute atomic E-state index is 0.190. The molecule has 0 fully saturated rings. The first kappa shape index (κ1) is 16.7. The van der Waals surface area contributed by atoms with Gasteiger partial charge in [-0.2, -0.15) is 0 Å². The van der Waals surface area contributed by atoms with Gasteiger partial charge in [-0.3, -0.25) is 0 Å². The normalized spacial score (nSPS) is 12.7. The Hall–Kier alpha value is 0.380. The summed E-state index contributed by atoms with van der Waals surface area (Å²) in [5, 5.41) is 3.63. The van der Waals surface area contributed by atoms with Crippen molar-refractivity contribution in [2.24, 2.45) is 0 Å². The monoisotopic (exact) mass is 483 g/mol. The Labute approximate surface area is 151 Å². The van der Waals surface area contributed by atoms with E-state index in [2.05, 4.69) is 82.0 Å². The van der Waals surface area contributed by atoms with Crippen LogP contribution in [-0.4, -0.2) is 6.54 Å². The summed E-state index contributed by atoms with van der Waals surface area (Å²) in [7, 11) is 0. The maximum atomic E-state index is 6.24. The smallest absolute Gasteiger partial charge is 0.0961 e. The summed E-state index contributed by atoms with van der Waals surface area (Å²) in [5.74, 6) is 0. The van der Waals surface area contributed by atoms with Crippen molar-refractivity contribution in [3.8, 4) is 0 Å². The summed E-state index contributed by atoms with van der Waals surface area (Å²) in [6, 6.07) is 8.82. The molecule has 0 amide bonds. The zero-order valence-corrected chi connectivity index (χ0v) is 16.7. The first-order chi connectivity index (χ1) is 9.52. The number of thiophene rings is 1. The lowest BCUT2D eigenvalue weighted by Crippen LogP contribution is -2.22. The summed E-state index contributed by atoms with van der Waals surface area (Å²) in [5.41, 5.74) is 2.42. The molecule has 0 aliphatic rings. The molecule has 1 unspecified atom stereocenters. The number of benzene rings is 1. The minimum Gasteiger partial charge on any atom is -0.306 e. The average Bonchev–Trinajstić information content (AvgIpc) is 2.74. The third kappa shape index (κ3) is 3.97. The van der Waals surface area contributed by atoms with Gasteiger partial charge in [0, 0.05) is 12.9 Å². The van der Waals surface area contributed by atoms with E-state index in [9.17, 15) is 0 Å². The van der Waals surface area contributed by atoms with Gasteiger partial charge in [-0.1, -0.05) is 34.5 Å². The predicted octanol–water partition coefficient (Wildman–Crippen LogP) is 6.17. The van der Waals surface area contributed by atoms with Gasteiger partial charge in [0.05, 0.1) is 10.4 Å². The first-order valence-corrected chi connectivity index (χ1v) is 9.53. The van der Waals surface area contributed by atoms with Gasteiger partial charge < -0.3 is 5.32 Å². The van der Waals surface area contributed by atoms with Crippen LogP contribution in [0.2, 0.25) is 4.34 Å². The second kappa shape index (κ2) is 7.58. The number of aryl methyl sites for hydroxylation is 1. The number of hydrogen-bond acceptors (Lipinski definition) is 2. The standard InChI is InChI=1S/C15H16BrClINS/c1-3-6-19-14(13-7-9(2)15(17)20-13)11-8-10(18)4-5-12(11)16/h4-5,7-8,14,19H,3,6H2,1-2H3. The van der Waals surface area contributed by atoms with Crippen molar-refractivity contribution in [2.75, 3.05) is 6.54 Å². The topological polar surface area (TPSA) is 12.0 Å². The lowest BCUT2D eigenvalue weighted by Gasteiger charge is -2.19. The van der Waals surface area contributed by atoms with Gasteiger partial charge in [0.2, 0.25) is 0 Å². The van der Waals surface area contributed by atoms with Crippen molar-refractivity contribution in [3.63, 3.8) is 0 Å². The van der Waals surface area contributed by atoms with Crippen LogP contribution in [0.25, 0.3) is 0 Å². The Balaban J connectivity index is 2.43. The SMILES string of the molecule is CCCNC(c1cc(C)c(Cl)s1)c1cc(I)ccc1Br. The molecular weight excluding hydrogens is 469 g/mol. The van der Waals surface area contributed by atoms with E-state index in [0.29, 0.717) is 0 Å². The van der Waals surface area contributed by atoms with Gasteiger partial charge in [-0.05, 0) is 77.9 Å². The maximum absolute atomic E-state index is 6.24. The van der Waals surface area contributed by atoms with Crippen molar-refractivity contribution < 1.29 is 0 Å². The summed E-state index contributed by atoms with van der Waals surface area (Å²) >= 11 is 13.9. The molecule has 0 bridgehead atoms. The van der Waals surface area contributed by atoms with Gasteiger partial charge in [0.25, 0.3) is 0 Å². The quantitative estimate of drug-likeness (QED) is 0.501. The van der Waals surface area contributed by atoms with Gasteiger partial charge in [0.1, 0.15) is 0 Å². The predicted molar refractivity (Wildman–Crippen MR) is 101 cm³/mol. The van der Waals surface area contributed by atoms with Crippen LogP contribution >= 0.6 is 61.5 Å². The van der Waals surface area contributed by atoms with Crippen LogP contribution in [-0.2, 0) is 0 Å². The molecule has 1 aromatic heterocycles. The molecule has 1 N–H and O–H groups in total. The van der Waals surface area contributed by atoms with Gasteiger partial charge >= 0.3 is 0 Å². The number of halogens is 3. The first-order valence-electron chi connectivity index (χ1n) is 6.47. The largest absolute Gasteiger partial charge is 0.306 e.